The fourth-order valence-corrected chi connectivity index (χ4v) is 3.16. The first-order chi connectivity index (χ1) is 12.6. The monoisotopic (exact) mass is 365 g/mol. The van der Waals surface area contributed by atoms with Crippen LogP contribution in [0.1, 0.15) is 11.1 Å². The second kappa shape index (κ2) is 8.25. The first kappa shape index (κ1) is 18.3. The Hall–Kier alpha value is -2.51. The van der Waals surface area contributed by atoms with E-state index in [2.05, 4.69) is 70.0 Å². The van der Waals surface area contributed by atoms with Crippen LogP contribution in [0.4, 0.5) is 5.69 Å². The summed E-state index contributed by atoms with van der Waals surface area (Å²) in [6.07, 6.45) is 0. The number of ether oxygens (including phenoxy) is 2. The normalized spacial score (nSPS) is 10.5. The van der Waals surface area contributed by atoms with Crippen molar-refractivity contribution in [2.45, 2.75) is 13.5 Å². The molecule has 3 aromatic carbocycles. The summed E-state index contributed by atoms with van der Waals surface area (Å²) in [5.41, 5.74) is 5.74. The molecule has 134 valence electrons. The molecule has 1 N–H and O–H groups in total. The van der Waals surface area contributed by atoms with Gasteiger partial charge < -0.3 is 14.8 Å². The molecule has 26 heavy (non-hydrogen) atoms. The lowest BCUT2D eigenvalue weighted by molar-refractivity contribution is 0.309. The van der Waals surface area contributed by atoms with Crippen LogP contribution in [0.5, 0.6) is 11.5 Å². The molecule has 0 fully saturated rings. The highest BCUT2D eigenvalue weighted by Crippen LogP contribution is 2.27. The SMILES string of the molecule is CNc1cccc(C)c1COc1cc(-c2ccc(OC)cc2)ccc1P. The summed E-state index contributed by atoms with van der Waals surface area (Å²) in [4.78, 5) is 0. The number of aryl methyl sites for hydroxylation is 1. The molecule has 0 aliphatic heterocycles. The summed E-state index contributed by atoms with van der Waals surface area (Å²) in [7, 11) is 6.36. The number of hydrogen-bond acceptors (Lipinski definition) is 3. The second-order valence-corrected chi connectivity index (χ2v) is 6.74. The van der Waals surface area contributed by atoms with E-state index < -0.39 is 0 Å². The Balaban J connectivity index is 1.84. The van der Waals surface area contributed by atoms with Crippen LogP contribution in [0.3, 0.4) is 0 Å². The van der Waals surface area contributed by atoms with Crippen molar-refractivity contribution in [1.29, 1.82) is 0 Å². The Bertz CT molecular complexity index is 891. The quantitative estimate of drug-likeness (QED) is 0.637. The van der Waals surface area contributed by atoms with Crippen LogP contribution in [0, 0.1) is 6.92 Å². The summed E-state index contributed by atoms with van der Waals surface area (Å²) in [5, 5.41) is 4.28. The number of benzene rings is 3. The van der Waals surface area contributed by atoms with E-state index in [1.54, 1.807) is 7.11 Å². The highest BCUT2D eigenvalue weighted by atomic mass is 31.0. The summed E-state index contributed by atoms with van der Waals surface area (Å²) in [6.45, 7) is 2.63. The molecular formula is C22H24NO2P. The van der Waals surface area contributed by atoms with Gasteiger partial charge in [0.05, 0.1) is 7.11 Å². The molecule has 0 spiro atoms. The minimum Gasteiger partial charge on any atom is -0.497 e. The summed E-state index contributed by atoms with van der Waals surface area (Å²) in [5.74, 6) is 1.72. The molecule has 0 aliphatic rings. The molecule has 0 amide bonds. The molecule has 1 atom stereocenters. The van der Waals surface area contributed by atoms with Gasteiger partial charge in [0.15, 0.2) is 0 Å². The topological polar surface area (TPSA) is 30.5 Å². The molecule has 1 unspecified atom stereocenters. The highest BCUT2D eigenvalue weighted by Gasteiger charge is 2.08. The van der Waals surface area contributed by atoms with Gasteiger partial charge in [-0.3, -0.25) is 0 Å². The lowest BCUT2D eigenvalue weighted by Crippen LogP contribution is -2.06. The predicted octanol–water partition coefficient (Wildman–Crippen LogP) is 4.79. The number of hydrogen-bond donors (Lipinski definition) is 1. The molecule has 0 aliphatic carbocycles. The van der Waals surface area contributed by atoms with Crippen molar-refractivity contribution in [2.24, 2.45) is 0 Å². The van der Waals surface area contributed by atoms with Crippen molar-refractivity contribution in [1.82, 2.24) is 0 Å². The zero-order chi connectivity index (χ0) is 18.5. The van der Waals surface area contributed by atoms with Crippen molar-refractivity contribution in [3.05, 3.63) is 71.8 Å². The fraction of sp³-hybridized carbons (Fsp3) is 0.182. The summed E-state index contributed by atoms with van der Waals surface area (Å²) >= 11 is 0. The van der Waals surface area contributed by atoms with E-state index in [-0.39, 0.29) is 0 Å². The maximum absolute atomic E-state index is 6.17. The highest BCUT2D eigenvalue weighted by molar-refractivity contribution is 7.27. The van der Waals surface area contributed by atoms with Crippen molar-refractivity contribution in [3.8, 4) is 22.6 Å². The predicted molar refractivity (Wildman–Crippen MR) is 113 cm³/mol. The zero-order valence-electron chi connectivity index (χ0n) is 15.4. The first-order valence-electron chi connectivity index (χ1n) is 8.55. The van der Waals surface area contributed by atoms with Crippen molar-refractivity contribution in [3.63, 3.8) is 0 Å². The molecule has 4 heteroatoms. The zero-order valence-corrected chi connectivity index (χ0v) is 16.5. The van der Waals surface area contributed by atoms with Crippen molar-refractivity contribution < 1.29 is 9.47 Å². The molecule has 0 heterocycles. The van der Waals surface area contributed by atoms with Gasteiger partial charge in [-0.2, -0.15) is 0 Å². The van der Waals surface area contributed by atoms with Gasteiger partial charge in [-0.15, -0.1) is 9.24 Å². The Morgan fingerprint density at radius 3 is 2.38 bits per heavy atom. The minimum absolute atomic E-state index is 0.524. The van der Waals surface area contributed by atoms with Crippen molar-refractivity contribution >= 4 is 20.2 Å². The van der Waals surface area contributed by atoms with Gasteiger partial charge in [0.2, 0.25) is 0 Å². The number of rotatable bonds is 6. The van der Waals surface area contributed by atoms with E-state index in [9.17, 15) is 0 Å². The Kier molecular flexibility index (Phi) is 5.80. The lowest BCUT2D eigenvalue weighted by atomic mass is 10.1. The smallest absolute Gasteiger partial charge is 0.127 e. The van der Waals surface area contributed by atoms with Crippen LogP contribution in [-0.2, 0) is 6.61 Å². The molecule has 0 saturated carbocycles. The van der Waals surface area contributed by atoms with Gasteiger partial charge in [0.1, 0.15) is 18.1 Å². The molecule has 0 aromatic heterocycles. The summed E-state index contributed by atoms with van der Waals surface area (Å²) in [6, 6.07) is 20.5. The van der Waals surface area contributed by atoms with Gasteiger partial charge >= 0.3 is 0 Å². The van der Waals surface area contributed by atoms with E-state index >= 15 is 0 Å². The molecule has 0 bridgehead atoms. The third-order valence-corrected chi connectivity index (χ3v) is 4.97. The lowest BCUT2D eigenvalue weighted by Gasteiger charge is -2.15. The van der Waals surface area contributed by atoms with E-state index in [1.165, 1.54) is 11.1 Å². The molecule has 3 nitrogen and oxygen atoms in total. The third-order valence-electron chi connectivity index (χ3n) is 4.49. The van der Waals surface area contributed by atoms with E-state index in [0.29, 0.717) is 6.61 Å². The van der Waals surface area contributed by atoms with E-state index in [0.717, 1.165) is 33.6 Å². The molecule has 0 radical (unpaired) electrons. The average molecular weight is 365 g/mol. The standard InChI is InChI=1S/C22H24NO2P/c1-15-5-4-6-20(23-2)19(15)14-25-21-13-17(9-12-22(21)26)16-7-10-18(24-3)11-8-16/h4-13,23H,14,26H2,1-3H3. The maximum atomic E-state index is 6.17. The molecule has 3 rings (SSSR count). The summed E-state index contributed by atoms with van der Waals surface area (Å²) < 4.78 is 11.4. The molecular weight excluding hydrogens is 341 g/mol. The van der Waals surface area contributed by atoms with Crippen LogP contribution in [0.15, 0.2) is 60.7 Å². The largest absolute Gasteiger partial charge is 0.497 e. The molecule has 0 saturated heterocycles. The third kappa shape index (κ3) is 4.00. The average Bonchev–Trinajstić information content (AvgIpc) is 2.68. The van der Waals surface area contributed by atoms with Gasteiger partial charge in [-0.1, -0.05) is 36.4 Å². The number of anilines is 1. The van der Waals surface area contributed by atoms with Gasteiger partial charge in [0.25, 0.3) is 0 Å². The maximum Gasteiger partial charge on any atom is 0.127 e. The Labute approximate surface area is 157 Å². The van der Waals surface area contributed by atoms with Crippen molar-refractivity contribution in [2.75, 3.05) is 19.5 Å². The van der Waals surface area contributed by atoms with Crippen LogP contribution in [0.2, 0.25) is 0 Å². The van der Waals surface area contributed by atoms with Gasteiger partial charge in [0, 0.05) is 23.6 Å². The first-order valence-corrected chi connectivity index (χ1v) is 9.13. The van der Waals surface area contributed by atoms with E-state index in [1.807, 2.05) is 19.2 Å². The van der Waals surface area contributed by atoms with E-state index in [4.69, 9.17) is 9.47 Å². The van der Waals surface area contributed by atoms with Crippen LogP contribution in [0.25, 0.3) is 11.1 Å². The van der Waals surface area contributed by atoms with Crippen LogP contribution in [-0.4, -0.2) is 14.2 Å². The van der Waals surface area contributed by atoms with Crippen LogP contribution < -0.4 is 20.1 Å². The number of methoxy groups -OCH3 is 1. The van der Waals surface area contributed by atoms with Crippen LogP contribution >= 0.6 is 9.24 Å². The minimum atomic E-state index is 0.524. The fourth-order valence-electron chi connectivity index (χ4n) is 2.90. The Morgan fingerprint density at radius 2 is 1.69 bits per heavy atom. The van der Waals surface area contributed by atoms with Gasteiger partial charge in [-0.05, 0) is 47.9 Å². The molecule has 3 aromatic rings. The number of nitrogens with one attached hydrogen (secondary N) is 1. The Morgan fingerprint density at radius 1 is 0.962 bits per heavy atom. The second-order valence-electron chi connectivity index (χ2n) is 6.12. The van der Waals surface area contributed by atoms with Gasteiger partial charge in [-0.25, -0.2) is 0 Å².